The van der Waals surface area contributed by atoms with E-state index < -0.39 is 0 Å². The van der Waals surface area contributed by atoms with Gasteiger partial charge < -0.3 is 19.0 Å². The van der Waals surface area contributed by atoms with Crippen molar-refractivity contribution in [1.82, 2.24) is 20.0 Å². The van der Waals surface area contributed by atoms with Crippen LogP contribution in [0.1, 0.15) is 17.6 Å². The van der Waals surface area contributed by atoms with Gasteiger partial charge in [-0.3, -0.25) is 4.79 Å². The predicted molar refractivity (Wildman–Crippen MR) is 89.2 cm³/mol. The van der Waals surface area contributed by atoms with Crippen LogP contribution in [0.4, 0.5) is 4.79 Å². The zero-order valence-electron chi connectivity index (χ0n) is 13.6. The molecule has 0 atom stereocenters. The maximum absolute atomic E-state index is 12.5. The molecule has 1 fully saturated rings. The number of hydrogen-bond donors (Lipinski definition) is 0. The van der Waals surface area contributed by atoms with Crippen LogP contribution < -0.4 is 0 Å². The average Bonchev–Trinajstić information content (AvgIpc) is 3.11. The molecule has 25 heavy (non-hydrogen) atoms. The van der Waals surface area contributed by atoms with Gasteiger partial charge in [-0.25, -0.2) is 4.79 Å². The van der Waals surface area contributed by atoms with Gasteiger partial charge in [0.1, 0.15) is 0 Å². The van der Waals surface area contributed by atoms with Crippen molar-refractivity contribution in [1.29, 1.82) is 0 Å². The Labute approximate surface area is 149 Å². The molecule has 2 aromatic rings. The minimum atomic E-state index is -0.367. The normalized spacial score (nSPS) is 14.5. The summed E-state index contributed by atoms with van der Waals surface area (Å²) in [4.78, 5) is 27.3. The lowest BCUT2D eigenvalue weighted by atomic mass is 10.2. The second-order valence-corrected chi connectivity index (χ2v) is 5.78. The van der Waals surface area contributed by atoms with Crippen LogP contribution in [0.15, 0.2) is 28.7 Å². The number of amides is 2. The summed E-state index contributed by atoms with van der Waals surface area (Å²) in [6.07, 6.45) is -0.367. The number of rotatable bonds is 3. The number of ether oxygens (including phenoxy) is 1. The highest BCUT2D eigenvalue weighted by Crippen LogP contribution is 2.26. The predicted octanol–water partition coefficient (Wildman–Crippen LogP) is 2.30. The van der Waals surface area contributed by atoms with E-state index in [9.17, 15) is 9.59 Å². The Morgan fingerprint density at radius 2 is 1.84 bits per heavy atom. The number of aromatic nitrogens is 2. The third-order valence-corrected chi connectivity index (χ3v) is 4.13. The summed E-state index contributed by atoms with van der Waals surface area (Å²) in [5.41, 5.74) is 0.572. The molecule has 0 bridgehead atoms. The van der Waals surface area contributed by atoms with Crippen molar-refractivity contribution in [3.05, 3.63) is 35.2 Å². The fourth-order valence-electron chi connectivity index (χ4n) is 2.50. The molecule has 0 N–H and O–H groups in total. The summed E-state index contributed by atoms with van der Waals surface area (Å²) in [6.45, 7) is 3.63. The Bertz CT molecular complexity index is 771. The van der Waals surface area contributed by atoms with Gasteiger partial charge in [0, 0.05) is 26.2 Å². The highest BCUT2D eigenvalue weighted by molar-refractivity contribution is 6.33. The van der Waals surface area contributed by atoms with Gasteiger partial charge in [-0.2, -0.15) is 0 Å². The molecule has 8 nitrogen and oxygen atoms in total. The minimum Gasteiger partial charge on any atom is -0.450 e. The SMILES string of the molecule is CCOC(=O)N1CCN(C(=O)c2nnc(-c3ccccc3Cl)o2)CC1. The van der Waals surface area contributed by atoms with E-state index in [1.54, 1.807) is 41.0 Å². The number of nitrogens with zero attached hydrogens (tertiary/aromatic N) is 4. The molecule has 1 saturated heterocycles. The van der Waals surface area contributed by atoms with Crippen LogP contribution in [0.5, 0.6) is 0 Å². The second kappa shape index (κ2) is 7.52. The second-order valence-electron chi connectivity index (χ2n) is 5.37. The van der Waals surface area contributed by atoms with Crippen molar-refractivity contribution in [3.63, 3.8) is 0 Å². The largest absolute Gasteiger partial charge is 0.450 e. The lowest BCUT2D eigenvalue weighted by Crippen LogP contribution is -2.50. The Kier molecular flexibility index (Phi) is 5.18. The molecule has 2 heterocycles. The lowest BCUT2D eigenvalue weighted by molar-refractivity contribution is 0.0540. The van der Waals surface area contributed by atoms with E-state index in [1.807, 2.05) is 0 Å². The number of piperazine rings is 1. The summed E-state index contributed by atoms with van der Waals surface area (Å²) in [5, 5.41) is 8.18. The van der Waals surface area contributed by atoms with Crippen molar-refractivity contribution >= 4 is 23.6 Å². The van der Waals surface area contributed by atoms with Crippen LogP contribution in [-0.2, 0) is 4.74 Å². The van der Waals surface area contributed by atoms with Gasteiger partial charge in [0.15, 0.2) is 0 Å². The number of hydrogen-bond acceptors (Lipinski definition) is 6. The van der Waals surface area contributed by atoms with Gasteiger partial charge in [-0.05, 0) is 19.1 Å². The van der Waals surface area contributed by atoms with Gasteiger partial charge in [0.2, 0.25) is 5.89 Å². The monoisotopic (exact) mass is 364 g/mol. The lowest BCUT2D eigenvalue weighted by Gasteiger charge is -2.33. The van der Waals surface area contributed by atoms with Gasteiger partial charge >= 0.3 is 17.9 Å². The molecule has 3 rings (SSSR count). The molecule has 1 aromatic carbocycles. The average molecular weight is 365 g/mol. The van der Waals surface area contributed by atoms with E-state index in [-0.39, 0.29) is 23.8 Å². The molecule has 9 heteroatoms. The van der Waals surface area contributed by atoms with Gasteiger partial charge in [-0.15, -0.1) is 10.2 Å². The van der Waals surface area contributed by atoms with E-state index in [0.717, 1.165) is 0 Å². The third kappa shape index (κ3) is 3.74. The molecule has 1 aromatic heterocycles. The summed E-state index contributed by atoms with van der Waals surface area (Å²) < 4.78 is 10.4. The van der Waals surface area contributed by atoms with E-state index in [0.29, 0.717) is 43.4 Å². The van der Waals surface area contributed by atoms with Gasteiger partial charge in [0.05, 0.1) is 17.2 Å². The van der Waals surface area contributed by atoms with E-state index >= 15 is 0 Å². The smallest absolute Gasteiger partial charge is 0.409 e. The molecule has 0 unspecified atom stereocenters. The molecule has 1 aliphatic rings. The molecular formula is C16H17ClN4O4. The summed E-state index contributed by atoms with van der Waals surface area (Å²) in [7, 11) is 0. The molecule has 0 spiro atoms. The van der Waals surface area contributed by atoms with Crippen molar-refractivity contribution < 1.29 is 18.7 Å². The van der Waals surface area contributed by atoms with Crippen LogP contribution in [0, 0.1) is 0 Å². The Morgan fingerprint density at radius 1 is 1.16 bits per heavy atom. The van der Waals surface area contributed by atoms with Crippen LogP contribution in [0.2, 0.25) is 5.02 Å². The Hall–Kier alpha value is -2.61. The molecule has 0 saturated carbocycles. The van der Waals surface area contributed by atoms with E-state index in [4.69, 9.17) is 20.8 Å². The molecule has 0 aliphatic carbocycles. The first-order valence-electron chi connectivity index (χ1n) is 7.89. The molecular weight excluding hydrogens is 348 g/mol. The zero-order chi connectivity index (χ0) is 17.8. The molecule has 0 radical (unpaired) electrons. The Morgan fingerprint density at radius 3 is 2.52 bits per heavy atom. The van der Waals surface area contributed by atoms with Gasteiger partial charge in [0.25, 0.3) is 0 Å². The van der Waals surface area contributed by atoms with Crippen molar-refractivity contribution in [2.75, 3.05) is 32.8 Å². The van der Waals surface area contributed by atoms with Crippen molar-refractivity contribution in [2.24, 2.45) is 0 Å². The standard InChI is InChI=1S/C16H17ClN4O4/c1-2-24-16(23)21-9-7-20(8-10-21)15(22)14-19-18-13(25-14)11-5-3-4-6-12(11)17/h3-6H,2,7-10H2,1H3. The summed E-state index contributed by atoms with van der Waals surface area (Å²) >= 11 is 6.10. The zero-order valence-corrected chi connectivity index (χ0v) is 14.4. The fourth-order valence-corrected chi connectivity index (χ4v) is 2.71. The van der Waals surface area contributed by atoms with E-state index in [1.165, 1.54) is 0 Å². The first-order chi connectivity index (χ1) is 12.1. The van der Waals surface area contributed by atoms with Crippen LogP contribution >= 0.6 is 11.6 Å². The Balaban J connectivity index is 1.65. The van der Waals surface area contributed by atoms with Crippen LogP contribution in [0.3, 0.4) is 0 Å². The van der Waals surface area contributed by atoms with Crippen LogP contribution in [0.25, 0.3) is 11.5 Å². The third-order valence-electron chi connectivity index (χ3n) is 3.81. The maximum atomic E-state index is 12.5. The highest BCUT2D eigenvalue weighted by atomic mass is 35.5. The maximum Gasteiger partial charge on any atom is 0.409 e. The van der Waals surface area contributed by atoms with E-state index in [2.05, 4.69) is 10.2 Å². The number of halogens is 1. The molecule has 132 valence electrons. The van der Waals surface area contributed by atoms with Gasteiger partial charge in [-0.1, -0.05) is 23.7 Å². The number of carbonyl (C=O) groups is 2. The van der Waals surface area contributed by atoms with Crippen molar-refractivity contribution in [3.8, 4) is 11.5 Å². The minimum absolute atomic E-state index is 0.0977. The topological polar surface area (TPSA) is 88.8 Å². The fraction of sp³-hybridized carbons (Fsp3) is 0.375. The quantitative estimate of drug-likeness (QED) is 0.830. The number of benzene rings is 1. The van der Waals surface area contributed by atoms with Crippen LogP contribution in [-0.4, -0.2) is 64.8 Å². The first-order valence-corrected chi connectivity index (χ1v) is 8.27. The first kappa shape index (κ1) is 17.2. The summed E-state index contributed by atoms with van der Waals surface area (Å²) in [5.74, 6) is -0.270. The van der Waals surface area contributed by atoms with Crippen molar-refractivity contribution in [2.45, 2.75) is 6.92 Å². The number of carbonyl (C=O) groups excluding carboxylic acids is 2. The summed E-state index contributed by atoms with van der Waals surface area (Å²) in [6, 6.07) is 7.03. The highest BCUT2D eigenvalue weighted by Gasteiger charge is 2.28. The molecule has 2 amide bonds. The molecule has 1 aliphatic heterocycles.